The normalized spacial score (nSPS) is 22.4. The van der Waals surface area contributed by atoms with Gasteiger partial charge in [-0.1, -0.05) is 12.1 Å². The number of aryl methyl sites for hydroxylation is 2. The van der Waals surface area contributed by atoms with Crippen molar-refractivity contribution in [1.82, 2.24) is 19.8 Å². The molecule has 2 amide bonds. The highest BCUT2D eigenvalue weighted by Crippen LogP contribution is 2.25. The van der Waals surface area contributed by atoms with Gasteiger partial charge in [0, 0.05) is 33.2 Å². The fourth-order valence-electron chi connectivity index (χ4n) is 4.26. The molecule has 2 aliphatic heterocycles. The maximum atomic E-state index is 12.9. The Morgan fingerprint density at radius 3 is 2.90 bits per heavy atom. The van der Waals surface area contributed by atoms with E-state index in [0.717, 1.165) is 42.5 Å². The van der Waals surface area contributed by atoms with Crippen molar-refractivity contribution < 1.29 is 19.1 Å². The van der Waals surface area contributed by atoms with Crippen molar-refractivity contribution in [1.29, 1.82) is 0 Å². The van der Waals surface area contributed by atoms with E-state index in [2.05, 4.69) is 10.6 Å². The summed E-state index contributed by atoms with van der Waals surface area (Å²) in [7, 11) is 1.72. The van der Waals surface area contributed by atoms with Crippen LogP contribution in [0.2, 0.25) is 0 Å². The van der Waals surface area contributed by atoms with E-state index in [9.17, 15) is 14.4 Å². The Balaban J connectivity index is 1.46. The van der Waals surface area contributed by atoms with Gasteiger partial charge >= 0.3 is 5.69 Å². The van der Waals surface area contributed by atoms with E-state index in [1.165, 1.54) is 4.57 Å². The van der Waals surface area contributed by atoms with Gasteiger partial charge in [0.2, 0.25) is 11.8 Å². The summed E-state index contributed by atoms with van der Waals surface area (Å²) in [6.07, 6.45) is 2.24. The minimum atomic E-state index is -0.665. The van der Waals surface area contributed by atoms with Crippen LogP contribution in [0.25, 0.3) is 11.0 Å². The van der Waals surface area contributed by atoms with Crippen molar-refractivity contribution in [2.45, 2.75) is 37.8 Å². The Kier molecular flexibility index (Phi) is 6.31. The van der Waals surface area contributed by atoms with Crippen molar-refractivity contribution in [3.8, 4) is 0 Å². The lowest BCUT2D eigenvalue weighted by molar-refractivity contribution is -0.135. The molecule has 1 aromatic carbocycles. The molecule has 0 spiro atoms. The van der Waals surface area contributed by atoms with Crippen molar-refractivity contribution in [3.63, 3.8) is 0 Å². The second-order valence-corrected chi connectivity index (χ2v) is 7.84. The fraction of sp³-hybridized carbons (Fsp3) is 0.571. The third kappa shape index (κ3) is 4.19. The third-order valence-corrected chi connectivity index (χ3v) is 5.75. The first-order valence-corrected chi connectivity index (χ1v) is 10.5. The Morgan fingerprint density at radius 1 is 1.27 bits per heavy atom. The van der Waals surface area contributed by atoms with Gasteiger partial charge in [-0.25, -0.2) is 4.79 Å². The Bertz CT molecular complexity index is 989. The van der Waals surface area contributed by atoms with Crippen LogP contribution in [-0.2, 0) is 32.5 Å². The number of hydrogen-bond donors (Lipinski definition) is 2. The largest absolute Gasteiger partial charge is 0.379 e. The number of benzene rings is 1. The van der Waals surface area contributed by atoms with Gasteiger partial charge in [-0.3, -0.25) is 24.0 Å². The lowest BCUT2D eigenvalue weighted by Crippen LogP contribution is -2.44. The fourth-order valence-corrected chi connectivity index (χ4v) is 4.26. The number of imidazole rings is 1. The van der Waals surface area contributed by atoms with Gasteiger partial charge in [-0.2, -0.15) is 0 Å². The molecule has 2 aromatic rings. The molecule has 0 bridgehead atoms. The first-order valence-electron chi connectivity index (χ1n) is 10.5. The zero-order valence-electron chi connectivity index (χ0n) is 17.2. The summed E-state index contributed by atoms with van der Waals surface area (Å²) < 4.78 is 14.5. The van der Waals surface area contributed by atoms with Gasteiger partial charge in [-0.15, -0.1) is 0 Å². The number of nitrogens with zero attached hydrogens (tertiary/aromatic N) is 2. The first-order chi connectivity index (χ1) is 14.6. The van der Waals surface area contributed by atoms with E-state index in [-0.39, 0.29) is 24.1 Å². The maximum Gasteiger partial charge on any atom is 0.329 e. The number of ether oxygens (including phenoxy) is 2. The van der Waals surface area contributed by atoms with Gasteiger partial charge in [0.25, 0.3) is 0 Å². The number of imide groups is 1. The monoisotopic (exact) mass is 416 g/mol. The second kappa shape index (κ2) is 9.11. The smallest absolute Gasteiger partial charge is 0.329 e. The minimum absolute atomic E-state index is 0.102. The van der Waals surface area contributed by atoms with Crippen molar-refractivity contribution in [2.75, 3.05) is 32.9 Å². The molecule has 1 aromatic heterocycles. The lowest BCUT2D eigenvalue weighted by Gasteiger charge is -2.23. The zero-order chi connectivity index (χ0) is 21.1. The van der Waals surface area contributed by atoms with Crippen LogP contribution in [0.1, 0.15) is 30.9 Å². The third-order valence-electron chi connectivity index (χ3n) is 5.75. The summed E-state index contributed by atoms with van der Waals surface area (Å²) in [5.74, 6) is -0.710. The van der Waals surface area contributed by atoms with Gasteiger partial charge < -0.3 is 14.8 Å². The van der Waals surface area contributed by atoms with E-state index < -0.39 is 11.9 Å². The quantitative estimate of drug-likeness (QED) is 0.496. The number of para-hydroxylation sites is 1. The van der Waals surface area contributed by atoms with Gasteiger partial charge in [0.15, 0.2) is 0 Å². The molecule has 9 heteroatoms. The molecular weight excluding hydrogens is 388 g/mol. The highest BCUT2D eigenvalue weighted by atomic mass is 16.5. The van der Waals surface area contributed by atoms with Crippen molar-refractivity contribution >= 4 is 22.8 Å². The Labute approximate surface area is 174 Å². The number of nitrogens with one attached hydrogen (secondary N) is 2. The van der Waals surface area contributed by atoms with E-state index >= 15 is 0 Å². The molecule has 2 aliphatic rings. The molecule has 162 valence electrons. The highest BCUT2D eigenvalue weighted by molar-refractivity contribution is 6.00. The van der Waals surface area contributed by atoms with Crippen LogP contribution in [0.4, 0.5) is 0 Å². The summed E-state index contributed by atoms with van der Waals surface area (Å²) in [4.78, 5) is 36.8. The second-order valence-electron chi connectivity index (χ2n) is 7.84. The number of morpholine rings is 1. The molecule has 2 fully saturated rings. The maximum absolute atomic E-state index is 12.9. The molecule has 2 N–H and O–H groups in total. The highest BCUT2D eigenvalue weighted by Gasteiger charge is 2.31. The van der Waals surface area contributed by atoms with Crippen LogP contribution in [0.5, 0.6) is 0 Å². The van der Waals surface area contributed by atoms with Gasteiger partial charge in [-0.05, 0) is 30.9 Å². The van der Waals surface area contributed by atoms with Crippen LogP contribution in [-0.4, -0.2) is 60.0 Å². The average Bonchev–Trinajstić information content (AvgIpc) is 3.00. The number of amides is 2. The number of aromatic nitrogens is 2. The molecule has 1 unspecified atom stereocenters. The number of carbonyl (C=O) groups is 2. The Hall–Kier alpha value is -2.49. The van der Waals surface area contributed by atoms with E-state index in [4.69, 9.17) is 9.47 Å². The standard InChI is InChI=1S/C21H28N4O5/c1-24-19-14(5-3-10-29-13-15-12-22-9-11-30-15)4-2-6-16(19)25(21(24)28)17-7-8-18(26)23-20(17)27/h2,4,6,15,17,22H,3,5,7-13H2,1H3,(H,23,26,27)/t15-,17?/m0/s1. The number of rotatable bonds is 7. The van der Waals surface area contributed by atoms with Crippen LogP contribution in [0, 0.1) is 0 Å². The molecule has 0 radical (unpaired) electrons. The zero-order valence-corrected chi connectivity index (χ0v) is 17.2. The average molecular weight is 416 g/mol. The summed E-state index contributed by atoms with van der Waals surface area (Å²) >= 11 is 0. The molecule has 30 heavy (non-hydrogen) atoms. The summed E-state index contributed by atoms with van der Waals surface area (Å²) in [6.45, 7) is 3.60. The lowest BCUT2D eigenvalue weighted by atomic mass is 10.0. The SMILES string of the molecule is Cn1c(=O)n(C2CCC(=O)NC2=O)c2cccc(CCCOC[C@@H]3CNCCO3)c21. The van der Waals surface area contributed by atoms with E-state index in [1.807, 2.05) is 18.2 Å². The minimum Gasteiger partial charge on any atom is -0.379 e. The summed E-state index contributed by atoms with van der Waals surface area (Å²) in [6, 6.07) is 5.10. The number of fused-ring (bicyclic) bond motifs is 1. The Morgan fingerprint density at radius 2 is 2.13 bits per heavy atom. The van der Waals surface area contributed by atoms with Crippen LogP contribution in [0.15, 0.2) is 23.0 Å². The summed E-state index contributed by atoms with van der Waals surface area (Å²) in [5.41, 5.74) is 2.34. The molecular formula is C21H28N4O5. The van der Waals surface area contributed by atoms with Crippen LogP contribution in [0.3, 0.4) is 0 Å². The molecule has 0 aliphatic carbocycles. The molecule has 3 heterocycles. The van der Waals surface area contributed by atoms with E-state index in [1.54, 1.807) is 11.6 Å². The van der Waals surface area contributed by atoms with Crippen molar-refractivity contribution in [3.05, 3.63) is 34.2 Å². The number of carbonyl (C=O) groups excluding carboxylic acids is 2. The summed E-state index contributed by atoms with van der Waals surface area (Å²) in [5, 5.41) is 5.62. The molecule has 2 saturated heterocycles. The molecule has 4 rings (SSSR count). The molecule has 2 atom stereocenters. The topological polar surface area (TPSA) is 104 Å². The van der Waals surface area contributed by atoms with Crippen LogP contribution >= 0.6 is 0 Å². The number of hydrogen-bond acceptors (Lipinski definition) is 6. The van der Waals surface area contributed by atoms with Crippen molar-refractivity contribution in [2.24, 2.45) is 7.05 Å². The van der Waals surface area contributed by atoms with Gasteiger partial charge in [0.1, 0.15) is 6.04 Å². The predicted octanol–water partition coefficient (Wildman–Crippen LogP) is 0.255. The molecule has 9 nitrogen and oxygen atoms in total. The molecule has 0 saturated carbocycles. The van der Waals surface area contributed by atoms with E-state index in [0.29, 0.717) is 26.2 Å². The number of piperidine rings is 1. The predicted molar refractivity (Wildman–Crippen MR) is 110 cm³/mol. The first kappa shape index (κ1) is 20.8. The van der Waals surface area contributed by atoms with Crippen LogP contribution < -0.4 is 16.3 Å². The van der Waals surface area contributed by atoms with Gasteiger partial charge in [0.05, 0.1) is 30.4 Å².